The number of carboxylic acid groups (broad SMARTS) is 1. The van der Waals surface area contributed by atoms with Crippen molar-refractivity contribution < 1.29 is 14.7 Å². The Kier molecular flexibility index (Phi) is 6.15. The van der Waals surface area contributed by atoms with Crippen LogP contribution in [0.1, 0.15) is 25.3 Å². The third-order valence-corrected chi connectivity index (χ3v) is 3.76. The highest BCUT2D eigenvalue weighted by molar-refractivity contribution is 7.14. The predicted molar refractivity (Wildman–Crippen MR) is 76.6 cm³/mol. The molecule has 0 bridgehead atoms. The van der Waals surface area contributed by atoms with Crippen LogP contribution in [-0.4, -0.2) is 41.5 Å². The van der Waals surface area contributed by atoms with Gasteiger partial charge in [-0.05, 0) is 24.9 Å². The summed E-state index contributed by atoms with van der Waals surface area (Å²) < 4.78 is 0. The molecule has 1 heterocycles. The second kappa shape index (κ2) is 7.62. The summed E-state index contributed by atoms with van der Waals surface area (Å²) in [5.41, 5.74) is 0.439. The van der Waals surface area contributed by atoms with Gasteiger partial charge in [0.2, 0.25) is 5.91 Å². The average molecular weight is 295 g/mol. The molecule has 1 aromatic heterocycles. The number of amides is 1. The van der Waals surface area contributed by atoms with Crippen LogP contribution in [0.5, 0.6) is 0 Å². The van der Waals surface area contributed by atoms with Gasteiger partial charge in [-0.3, -0.25) is 14.5 Å². The first-order valence-electron chi connectivity index (χ1n) is 6.20. The molecule has 1 aromatic rings. The Labute approximate surface area is 121 Å². The third-order valence-electron chi connectivity index (χ3n) is 2.93. The number of carboxylic acids is 1. The zero-order valence-electron chi connectivity index (χ0n) is 11.4. The molecule has 2 N–H and O–H groups in total. The molecule has 6 nitrogen and oxygen atoms in total. The highest BCUT2D eigenvalue weighted by Crippen LogP contribution is 2.22. The predicted octanol–water partition coefficient (Wildman–Crippen LogP) is 1.74. The van der Waals surface area contributed by atoms with Crippen molar-refractivity contribution in [2.45, 2.75) is 25.8 Å². The van der Waals surface area contributed by atoms with Gasteiger partial charge < -0.3 is 10.4 Å². The highest BCUT2D eigenvalue weighted by Gasteiger charge is 2.20. The van der Waals surface area contributed by atoms with Gasteiger partial charge >= 0.3 is 5.97 Å². The minimum Gasteiger partial charge on any atom is -0.480 e. The largest absolute Gasteiger partial charge is 0.480 e. The van der Waals surface area contributed by atoms with E-state index in [1.165, 1.54) is 11.3 Å². The molecule has 20 heavy (non-hydrogen) atoms. The first kappa shape index (κ1) is 16.1. The Morgan fingerprint density at radius 3 is 2.85 bits per heavy atom. The Bertz CT molecular complexity index is 521. The van der Waals surface area contributed by atoms with E-state index >= 15 is 0 Å². The number of carbonyl (C=O) groups is 2. The summed E-state index contributed by atoms with van der Waals surface area (Å²) in [5.74, 6) is -1.11. The lowest BCUT2D eigenvalue weighted by Crippen LogP contribution is -2.39. The number of thiophene rings is 1. The Morgan fingerprint density at radius 2 is 2.30 bits per heavy atom. The Morgan fingerprint density at radius 1 is 1.60 bits per heavy atom. The van der Waals surface area contributed by atoms with Crippen molar-refractivity contribution in [2.75, 3.05) is 18.9 Å². The number of likely N-dealkylation sites (N-methyl/N-ethyl adjacent to an activating group) is 1. The fourth-order valence-corrected chi connectivity index (χ4v) is 2.55. The fourth-order valence-electron chi connectivity index (χ4n) is 1.79. The lowest BCUT2D eigenvalue weighted by Gasteiger charge is -2.22. The van der Waals surface area contributed by atoms with E-state index in [0.717, 1.165) is 0 Å². The van der Waals surface area contributed by atoms with E-state index in [9.17, 15) is 9.59 Å². The molecule has 0 saturated heterocycles. The maximum absolute atomic E-state index is 11.8. The van der Waals surface area contributed by atoms with Crippen LogP contribution in [0.4, 0.5) is 5.00 Å². The summed E-state index contributed by atoms with van der Waals surface area (Å²) in [5, 5.41) is 22.8. The summed E-state index contributed by atoms with van der Waals surface area (Å²) in [6, 6.07) is 3.05. The van der Waals surface area contributed by atoms with Gasteiger partial charge in [0, 0.05) is 13.0 Å². The van der Waals surface area contributed by atoms with Crippen molar-refractivity contribution in [3.63, 3.8) is 0 Å². The van der Waals surface area contributed by atoms with Gasteiger partial charge in [-0.2, -0.15) is 5.26 Å². The monoisotopic (exact) mass is 295 g/mol. The van der Waals surface area contributed by atoms with Gasteiger partial charge in [0.25, 0.3) is 0 Å². The number of aliphatic carboxylic acids is 1. The molecule has 0 aliphatic rings. The quantitative estimate of drug-likeness (QED) is 0.799. The van der Waals surface area contributed by atoms with E-state index in [4.69, 9.17) is 10.4 Å². The molecular weight excluding hydrogens is 278 g/mol. The van der Waals surface area contributed by atoms with Crippen LogP contribution < -0.4 is 5.32 Å². The Balaban J connectivity index is 2.48. The van der Waals surface area contributed by atoms with E-state index in [1.54, 1.807) is 30.3 Å². The number of nitrogens with zero attached hydrogens (tertiary/aromatic N) is 2. The number of rotatable bonds is 7. The summed E-state index contributed by atoms with van der Waals surface area (Å²) >= 11 is 1.29. The van der Waals surface area contributed by atoms with Gasteiger partial charge in [0.15, 0.2) is 0 Å². The molecule has 1 unspecified atom stereocenters. The SMILES string of the molecule is CCC(C(=O)O)N(C)CCC(=O)Nc1sccc1C#N. The van der Waals surface area contributed by atoms with Gasteiger partial charge in [0.05, 0.1) is 5.56 Å². The minimum atomic E-state index is -0.888. The topological polar surface area (TPSA) is 93.4 Å². The van der Waals surface area contributed by atoms with Crippen molar-refractivity contribution in [1.29, 1.82) is 5.26 Å². The molecule has 0 aliphatic heterocycles. The van der Waals surface area contributed by atoms with E-state index in [2.05, 4.69) is 5.32 Å². The lowest BCUT2D eigenvalue weighted by atomic mass is 10.2. The van der Waals surface area contributed by atoms with Gasteiger partial charge in [-0.15, -0.1) is 11.3 Å². The molecule has 1 atom stereocenters. The number of nitriles is 1. The molecule has 0 fully saturated rings. The molecular formula is C13H17N3O3S. The van der Waals surface area contributed by atoms with Crippen LogP contribution in [0.15, 0.2) is 11.4 Å². The van der Waals surface area contributed by atoms with Crippen molar-refractivity contribution in [3.05, 3.63) is 17.0 Å². The standard InChI is InChI=1S/C13H17N3O3S/c1-3-10(13(18)19)16(2)6-4-11(17)15-12-9(8-14)5-7-20-12/h5,7,10H,3-4,6H2,1-2H3,(H,15,17)(H,18,19). The van der Waals surface area contributed by atoms with Crippen LogP contribution in [0, 0.1) is 11.3 Å². The summed E-state index contributed by atoms with van der Waals surface area (Å²) in [4.78, 5) is 24.4. The smallest absolute Gasteiger partial charge is 0.320 e. The second-order valence-corrected chi connectivity index (χ2v) is 5.23. The normalized spacial score (nSPS) is 11.9. The van der Waals surface area contributed by atoms with Crippen molar-refractivity contribution in [1.82, 2.24) is 4.90 Å². The van der Waals surface area contributed by atoms with Crippen molar-refractivity contribution in [3.8, 4) is 6.07 Å². The zero-order valence-corrected chi connectivity index (χ0v) is 12.2. The summed E-state index contributed by atoms with van der Waals surface area (Å²) in [6.45, 7) is 2.14. The van der Waals surface area contributed by atoms with Crippen LogP contribution in [-0.2, 0) is 9.59 Å². The summed E-state index contributed by atoms with van der Waals surface area (Å²) in [6.07, 6.45) is 0.667. The maximum Gasteiger partial charge on any atom is 0.320 e. The third kappa shape index (κ3) is 4.33. The molecule has 1 amide bonds. The number of anilines is 1. The van der Waals surface area contributed by atoms with E-state index in [1.807, 2.05) is 6.07 Å². The summed E-state index contributed by atoms with van der Waals surface area (Å²) in [7, 11) is 1.68. The van der Waals surface area contributed by atoms with Crippen LogP contribution in [0.3, 0.4) is 0 Å². The zero-order chi connectivity index (χ0) is 15.1. The van der Waals surface area contributed by atoms with E-state index in [-0.39, 0.29) is 12.3 Å². The molecule has 0 spiro atoms. The maximum atomic E-state index is 11.8. The van der Waals surface area contributed by atoms with Crippen molar-refractivity contribution in [2.24, 2.45) is 0 Å². The fraction of sp³-hybridized carbons (Fsp3) is 0.462. The molecule has 108 valence electrons. The van der Waals surface area contributed by atoms with Gasteiger partial charge in [0.1, 0.15) is 17.1 Å². The van der Waals surface area contributed by atoms with E-state index in [0.29, 0.717) is 23.5 Å². The second-order valence-electron chi connectivity index (χ2n) is 4.32. The van der Waals surface area contributed by atoms with E-state index < -0.39 is 12.0 Å². The van der Waals surface area contributed by atoms with Crippen LogP contribution >= 0.6 is 11.3 Å². The van der Waals surface area contributed by atoms with Crippen molar-refractivity contribution >= 4 is 28.2 Å². The Hall–Kier alpha value is -1.91. The van der Waals surface area contributed by atoms with Crippen LogP contribution in [0.2, 0.25) is 0 Å². The minimum absolute atomic E-state index is 0.184. The number of nitrogens with one attached hydrogen (secondary N) is 1. The molecule has 0 radical (unpaired) electrons. The molecule has 0 aliphatic carbocycles. The molecule has 0 aromatic carbocycles. The molecule has 7 heteroatoms. The molecule has 0 saturated carbocycles. The number of hydrogen-bond donors (Lipinski definition) is 2. The number of carbonyl (C=O) groups excluding carboxylic acids is 1. The van der Waals surface area contributed by atoms with Crippen LogP contribution in [0.25, 0.3) is 0 Å². The number of hydrogen-bond acceptors (Lipinski definition) is 5. The molecule has 1 rings (SSSR count). The lowest BCUT2D eigenvalue weighted by molar-refractivity contribution is -0.143. The van der Waals surface area contributed by atoms with Gasteiger partial charge in [-0.1, -0.05) is 6.92 Å². The first-order valence-corrected chi connectivity index (χ1v) is 7.08. The average Bonchev–Trinajstić information content (AvgIpc) is 2.84. The van der Waals surface area contributed by atoms with Gasteiger partial charge in [-0.25, -0.2) is 0 Å². The highest BCUT2D eigenvalue weighted by atomic mass is 32.1. The first-order chi connectivity index (χ1) is 9.49.